The maximum atomic E-state index is 13.3. The minimum Gasteiger partial charge on any atom is -0.454 e. The molecule has 0 spiro atoms. The molecule has 216 valence electrons. The summed E-state index contributed by atoms with van der Waals surface area (Å²) >= 11 is 0. The van der Waals surface area contributed by atoms with E-state index in [9.17, 15) is 26.8 Å². The van der Waals surface area contributed by atoms with Gasteiger partial charge in [-0.05, 0) is 43.3 Å². The predicted molar refractivity (Wildman–Crippen MR) is 146 cm³/mol. The van der Waals surface area contributed by atoms with Crippen LogP contribution in [-0.4, -0.2) is 49.5 Å². The fourth-order valence-electron chi connectivity index (χ4n) is 4.09. The molecule has 4 rings (SSSR count). The van der Waals surface area contributed by atoms with E-state index in [0.717, 1.165) is 25.8 Å². The Kier molecular flexibility index (Phi) is 9.27. The molecule has 0 saturated carbocycles. The van der Waals surface area contributed by atoms with Crippen molar-refractivity contribution in [3.8, 4) is 0 Å². The first-order valence-electron chi connectivity index (χ1n) is 12.3. The number of halogens is 2. The molecule has 41 heavy (non-hydrogen) atoms. The van der Waals surface area contributed by atoms with Crippen molar-refractivity contribution in [2.75, 3.05) is 13.2 Å². The lowest BCUT2D eigenvalue weighted by Gasteiger charge is -2.16. The van der Waals surface area contributed by atoms with E-state index in [4.69, 9.17) is 14.0 Å². The van der Waals surface area contributed by atoms with Crippen LogP contribution < -0.4 is 0 Å². The van der Waals surface area contributed by atoms with Crippen molar-refractivity contribution in [1.29, 1.82) is 0 Å². The van der Waals surface area contributed by atoms with Gasteiger partial charge in [0.15, 0.2) is 14.7 Å². The molecule has 0 aromatic heterocycles. The van der Waals surface area contributed by atoms with Crippen LogP contribution in [-0.2, 0) is 44.8 Å². The van der Waals surface area contributed by atoms with E-state index in [0.29, 0.717) is 0 Å². The van der Waals surface area contributed by atoms with Gasteiger partial charge in [0.1, 0.15) is 12.7 Å². The van der Waals surface area contributed by atoms with Gasteiger partial charge in [0, 0.05) is 12.0 Å². The molecule has 12 heteroatoms. The zero-order chi connectivity index (χ0) is 29.8. The summed E-state index contributed by atoms with van der Waals surface area (Å²) in [7, 11) is -6.23. The monoisotopic (exact) mass is 605 g/mol. The van der Waals surface area contributed by atoms with Crippen molar-refractivity contribution in [3.63, 3.8) is 0 Å². The largest absolute Gasteiger partial charge is 0.454 e. The number of aryl methyl sites for hydroxylation is 1. The molecular weight excluding hydrogens is 578 g/mol. The Morgan fingerprint density at radius 2 is 1.66 bits per heavy atom. The molecule has 1 aliphatic heterocycles. The molecule has 2 atom stereocenters. The van der Waals surface area contributed by atoms with E-state index in [1.54, 1.807) is 0 Å². The molecule has 1 N–H and O–H groups in total. The summed E-state index contributed by atoms with van der Waals surface area (Å²) < 4.78 is 72.0. The Hall–Kier alpha value is -3.58. The van der Waals surface area contributed by atoms with Gasteiger partial charge in [0.05, 0.1) is 23.1 Å². The SMILES string of the molecule is C=C(COCC(F)(F)S(=O)(=O)O)C(=O)OC1CC(c2cc(C)ccc2[S+](c2ccccc2)c2ccccc2)OC1=O. The number of benzene rings is 3. The zero-order valence-electron chi connectivity index (χ0n) is 21.9. The number of hydrogen-bond acceptors (Lipinski definition) is 7. The highest BCUT2D eigenvalue weighted by Crippen LogP contribution is 2.40. The van der Waals surface area contributed by atoms with Crippen LogP contribution in [0.1, 0.15) is 23.7 Å². The van der Waals surface area contributed by atoms with Crippen LogP contribution in [0.2, 0.25) is 0 Å². The Morgan fingerprint density at radius 3 is 2.22 bits per heavy atom. The van der Waals surface area contributed by atoms with Gasteiger partial charge in [-0.25, -0.2) is 9.59 Å². The molecule has 0 aliphatic carbocycles. The minimum atomic E-state index is -5.69. The lowest BCUT2D eigenvalue weighted by molar-refractivity contribution is -0.159. The van der Waals surface area contributed by atoms with Gasteiger partial charge in [0.25, 0.3) is 0 Å². The van der Waals surface area contributed by atoms with Gasteiger partial charge in [-0.15, -0.1) is 0 Å². The molecule has 8 nitrogen and oxygen atoms in total. The van der Waals surface area contributed by atoms with E-state index in [1.165, 1.54) is 0 Å². The summed E-state index contributed by atoms with van der Waals surface area (Å²) in [6.07, 6.45) is -2.00. The molecule has 3 aromatic rings. The molecule has 0 amide bonds. The fourth-order valence-corrected chi connectivity index (χ4v) is 6.59. The lowest BCUT2D eigenvalue weighted by Crippen LogP contribution is -2.34. The maximum absolute atomic E-state index is 13.3. The summed E-state index contributed by atoms with van der Waals surface area (Å²) in [4.78, 5) is 28.3. The van der Waals surface area contributed by atoms with Gasteiger partial charge < -0.3 is 14.2 Å². The molecule has 1 heterocycles. The maximum Gasteiger partial charge on any atom is 0.392 e. The van der Waals surface area contributed by atoms with Crippen molar-refractivity contribution in [3.05, 3.63) is 102 Å². The normalized spacial score (nSPS) is 17.3. The highest BCUT2D eigenvalue weighted by atomic mass is 32.2. The molecule has 0 radical (unpaired) electrons. The highest BCUT2D eigenvalue weighted by molar-refractivity contribution is 7.97. The zero-order valence-corrected chi connectivity index (χ0v) is 23.5. The minimum absolute atomic E-state index is 0.0107. The van der Waals surface area contributed by atoms with Crippen molar-refractivity contribution >= 4 is 33.0 Å². The molecule has 0 bridgehead atoms. The predicted octanol–water partition coefficient (Wildman–Crippen LogP) is 5.04. The van der Waals surface area contributed by atoms with E-state index in [2.05, 4.69) is 11.3 Å². The number of rotatable bonds is 11. The summed E-state index contributed by atoms with van der Waals surface area (Å²) in [6, 6.07) is 25.7. The first-order chi connectivity index (χ1) is 19.4. The van der Waals surface area contributed by atoms with Crippen LogP contribution in [0.5, 0.6) is 0 Å². The number of esters is 2. The number of carbonyl (C=O) groups excluding carboxylic acids is 2. The highest BCUT2D eigenvalue weighted by Gasteiger charge is 2.45. The van der Waals surface area contributed by atoms with Crippen molar-refractivity contribution < 1.29 is 45.6 Å². The third kappa shape index (κ3) is 7.20. The number of alkyl halides is 2. The van der Waals surface area contributed by atoms with Crippen molar-refractivity contribution in [1.82, 2.24) is 0 Å². The molecule has 1 fully saturated rings. The van der Waals surface area contributed by atoms with E-state index >= 15 is 0 Å². The Balaban J connectivity index is 1.51. The Morgan fingerprint density at radius 1 is 1.07 bits per heavy atom. The second-order valence-corrected chi connectivity index (χ2v) is 12.8. The lowest BCUT2D eigenvalue weighted by atomic mass is 10.0. The van der Waals surface area contributed by atoms with E-state index < -0.39 is 69.2 Å². The first kappa shape index (κ1) is 30.4. The van der Waals surface area contributed by atoms with Crippen LogP contribution in [0, 0.1) is 6.92 Å². The van der Waals surface area contributed by atoms with Gasteiger partial charge >= 0.3 is 27.3 Å². The molecular formula is C29H27F2O8S2+. The fraction of sp³-hybridized carbons (Fsp3) is 0.241. The summed E-state index contributed by atoms with van der Waals surface area (Å²) in [6.45, 7) is 2.79. The van der Waals surface area contributed by atoms with Crippen molar-refractivity contribution in [2.24, 2.45) is 0 Å². The van der Waals surface area contributed by atoms with Gasteiger partial charge in [-0.1, -0.05) is 54.6 Å². The molecule has 2 unspecified atom stereocenters. The second-order valence-electron chi connectivity index (χ2n) is 9.24. The summed E-state index contributed by atoms with van der Waals surface area (Å²) in [5.74, 6) is -1.87. The number of cyclic esters (lactones) is 1. The summed E-state index contributed by atoms with van der Waals surface area (Å²) in [5, 5.41) is -4.57. The molecule has 1 aliphatic rings. The quantitative estimate of drug-likeness (QED) is 0.140. The van der Waals surface area contributed by atoms with Crippen molar-refractivity contribution in [2.45, 2.75) is 45.5 Å². The second kappa shape index (κ2) is 12.5. The summed E-state index contributed by atoms with van der Waals surface area (Å²) in [5.41, 5.74) is 1.28. The smallest absolute Gasteiger partial charge is 0.392 e. The van der Waals surface area contributed by atoms with E-state index in [-0.39, 0.29) is 6.42 Å². The third-order valence-electron chi connectivity index (χ3n) is 6.10. The van der Waals surface area contributed by atoms with Crippen LogP contribution in [0.3, 0.4) is 0 Å². The average Bonchev–Trinajstić information content (AvgIpc) is 3.29. The molecule has 3 aromatic carbocycles. The van der Waals surface area contributed by atoms with Crippen LogP contribution >= 0.6 is 0 Å². The standard InChI is InChI=1S/C29H26F2O8S2/c1-19-13-14-26(40(21-9-5-3-6-10-21)22-11-7-4-8-12-22)23(15-19)24-16-25(28(33)38-24)39-27(32)20(2)17-37-18-29(30,31)41(34,35)36/h3-15,24-25H,2,16-18H2,1H3/p+1. The Labute approximate surface area is 239 Å². The van der Waals surface area contributed by atoms with Gasteiger partial charge in [0.2, 0.25) is 6.10 Å². The Bertz CT molecular complexity index is 1490. The number of ether oxygens (including phenoxy) is 3. The van der Waals surface area contributed by atoms with E-state index in [1.807, 2.05) is 85.8 Å². The average molecular weight is 606 g/mol. The third-order valence-corrected chi connectivity index (χ3v) is 9.27. The number of hydrogen-bond donors (Lipinski definition) is 1. The topological polar surface area (TPSA) is 116 Å². The van der Waals surface area contributed by atoms with Gasteiger partial charge in [-0.3, -0.25) is 4.55 Å². The molecule has 1 saturated heterocycles. The first-order valence-corrected chi connectivity index (χ1v) is 15.0. The van der Waals surface area contributed by atoms with Crippen LogP contribution in [0.15, 0.2) is 106 Å². The van der Waals surface area contributed by atoms with Crippen LogP contribution in [0.25, 0.3) is 0 Å². The van der Waals surface area contributed by atoms with Crippen LogP contribution in [0.4, 0.5) is 8.78 Å². The van der Waals surface area contributed by atoms with Gasteiger partial charge in [-0.2, -0.15) is 17.2 Å². The number of carbonyl (C=O) groups is 2.